The van der Waals surface area contributed by atoms with E-state index in [0.29, 0.717) is 5.56 Å². The molecule has 0 unspecified atom stereocenters. The SMILES string of the molecule is Cc1cc(Cc2ncc[nH]2)c2ccccc2c1.O=C(O)c1cccc2ccccc12. The smallest absolute Gasteiger partial charge is 0.336 e. The van der Waals surface area contributed by atoms with Gasteiger partial charge >= 0.3 is 5.97 Å². The largest absolute Gasteiger partial charge is 0.478 e. The third kappa shape index (κ3) is 4.23. The monoisotopic (exact) mass is 394 g/mol. The number of carboxylic acids is 1. The number of carbonyl (C=O) groups is 1. The average Bonchev–Trinajstić information content (AvgIpc) is 3.27. The number of hydrogen-bond donors (Lipinski definition) is 2. The predicted molar refractivity (Wildman–Crippen MR) is 121 cm³/mol. The number of aromatic nitrogens is 2. The minimum absolute atomic E-state index is 0.359. The van der Waals surface area contributed by atoms with E-state index in [1.54, 1.807) is 18.3 Å². The predicted octanol–water partition coefficient (Wildman–Crippen LogP) is 6.00. The number of H-pyrrole nitrogens is 1. The normalized spacial score (nSPS) is 10.6. The van der Waals surface area contributed by atoms with Crippen molar-refractivity contribution in [2.75, 3.05) is 0 Å². The molecule has 0 aliphatic heterocycles. The summed E-state index contributed by atoms with van der Waals surface area (Å²) in [6, 6.07) is 25.7. The van der Waals surface area contributed by atoms with Gasteiger partial charge in [-0.25, -0.2) is 9.78 Å². The van der Waals surface area contributed by atoms with Gasteiger partial charge < -0.3 is 10.1 Å². The Kier molecular flexibility index (Phi) is 5.57. The number of aryl methyl sites for hydroxylation is 1. The minimum Gasteiger partial charge on any atom is -0.478 e. The van der Waals surface area contributed by atoms with Gasteiger partial charge in [0.25, 0.3) is 0 Å². The first-order valence-electron chi connectivity index (χ1n) is 9.79. The zero-order valence-electron chi connectivity index (χ0n) is 16.7. The average molecular weight is 394 g/mol. The molecule has 4 nitrogen and oxygen atoms in total. The summed E-state index contributed by atoms with van der Waals surface area (Å²) in [6.45, 7) is 2.14. The molecule has 4 aromatic carbocycles. The van der Waals surface area contributed by atoms with Crippen molar-refractivity contribution >= 4 is 27.5 Å². The van der Waals surface area contributed by atoms with Crippen LogP contribution in [0.25, 0.3) is 21.5 Å². The minimum atomic E-state index is -0.878. The van der Waals surface area contributed by atoms with E-state index in [9.17, 15) is 4.79 Å². The van der Waals surface area contributed by atoms with Crippen molar-refractivity contribution in [1.29, 1.82) is 0 Å². The van der Waals surface area contributed by atoms with Crippen molar-refractivity contribution in [2.24, 2.45) is 0 Å². The van der Waals surface area contributed by atoms with Crippen LogP contribution in [0.5, 0.6) is 0 Å². The standard InChI is InChI=1S/C15H14N2.C11H8O2/c1-11-8-12-4-2-3-5-14(12)13(9-11)10-15-16-6-7-17-15;12-11(13)10-7-3-5-8-4-1-2-6-9(8)10/h2-9H,10H2,1H3,(H,16,17);1-7H,(H,12,13). The van der Waals surface area contributed by atoms with Crippen LogP contribution in [0.4, 0.5) is 0 Å². The van der Waals surface area contributed by atoms with Crippen molar-refractivity contribution in [2.45, 2.75) is 13.3 Å². The maximum absolute atomic E-state index is 10.8. The van der Waals surface area contributed by atoms with Crippen LogP contribution in [0, 0.1) is 6.92 Å². The van der Waals surface area contributed by atoms with Gasteiger partial charge in [0.1, 0.15) is 5.82 Å². The lowest BCUT2D eigenvalue weighted by Crippen LogP contribution is -1.96. The van der Waals surface area contributed by atoms with E-state index in [-0.39, 0.29) is 0 Å². The maximum Gasteiger partial charge on any atom is 0.336 e. The van der Waals surface area contributed by atoms with E-state index in [0.717, 1.165) is 23.0 Å². The van der Waals surface area contributed by atoms with E-state index >= 15 is 0 Å². The Balaban J connectivity index is 0.000000151. The zero-order chi connectivity index (χ0) is 20.9. The molecule has 0 spiro atoms. The van der Waals surface area contributed by atoms with E-state index in [1.807, 2.05) is 36.5 Å². The quantitative estimate of drug-likeness (QED) is 0.394. The van der Waals surface area contributed by atoms with Gasteiger partial charge in [0.05, 0.1) is 5.56 Å². The van der Waals surface area contributed by atoms with Gasteiger partial charge in [-0.1, -0.05) is 78.4 Å². The molecule has 2 N–H and O–H groups in total. The molecule has 0 saturated heterocycles. The van der Waals surface area contributed by atoms with E-state index in [2.05, 4.69) is 53.3 Å². The molecular weight excluding hydrogens is 372 g/mol. The van der Waals surface area contributed by atoms with Crippen molar-refractivity contribution in [3.8, 4) is 0 Å². The Morgan fingerprint density at radius 2 is 1.60 bits per heavy atom. The molecule has 1 aromatic heterocycles. The number of benzene rings is 4. The number of aromatic amines is 1. The first-order valence-corrected chi connectivity index (χ1v) is 9.79. The number of rotatable bonds is 3. The molecule has 0 radical (unpaired) electrons. The molecule has 0 atom stereocenters. The molecule has 5 aromatic rings. The first kappa shape index (κ1) is 19.4. The summed E-state index contributed by atoms with van der Waals surface area (Å²) in [7, 11) is 0. The summed E-state index contributed by atoms with van der Waals surface area (Å²) >= 11 is 0. The summed E-state index contributed by atoms with van der Waals surface area (Å²) < 4.78 is 0. The summed E-state index contributed by atoms with van der Waals surface area (Å²) in [4.78, 5) is 18.3. The van der Waals surface area contributed by atoms with Crippen LogP contribution in [0.3, 0.4) is 0 Å². The number of hydrogen-bond acceptors (Lipinski definition) is 2. The van der Waals surface area contributed by atoms with Crippen molar-refractivity contribution in [1.82, 2.24) is 9.97 Å². The molecular formula is C26H22N2O2. The lowest BCUT2D eigenvalue weighted by Gasteiger charge is -2.07. The van der Waals surface area contributed by atoms with Crippen LogP contribution in [-0.4, -0.2) is 21.0 Å². The number of nitrogens with zero attached hydrogens (tertiary/aromatic N) is 1. The molecule has 0 fully saturated rings. The van der Waals surface area contributed by atoms with Crippen molar-refractivity contribution in [3.63, 3.8) is 0 Å². The molecule has 30 heavy (non-hydrogen) atoms. The summed E-state index contributed by atoms with van der Waals surface area (Å²) in [6.07, 6.45) is 4.52. The molecule has 0 aliphatic carbocycles. The molecule has 0 amide bonds. The van der Waals surface area contributed by atoms with E-state index < -0.39 is 5.97 Å². The summed E-state index contributed by atoms with van der Waals surface area (Å²) in [5, 5.41) is 13.2. The second-order valence-electron chi connectivity index (χ2n) is 7.19. The molecule has 5 rings (SSSR count). The highest BCUT2D eigenvalue weighted by Crippen LogP contribution is 2.22. The van der Waals surface area contributed by atoms with Gasteiger partial charge in [-0.05, 0) is 40.1 Å². The third-order valence-electron chi connectivity index (χ3n) is 5.02. The van der Waals surface area contributed by atoms with Crippen LogP contribution in [0.1, 0.15) is 27.3 Å². The highest BCUT2D eigenvalue weighted by atomic mass is 16.4. The van der Waals surface area contributed by atoms with Crippen molar-refractivity contribution < 1.29 is 9.90 Å². The Hall–Kier alpha value is -3.92. The molecule has 0 bridgehead atoms. The fourth-order valence-corrected chi connectivity index (χ4v) is 3.69. The Morgan fingerprint density at radius 3 is 2.33 bits per heavy atom. The molecule has 148 valence electrons. The fraction of sp³-hybridized carbons (Fsp3) is 0.0769. The molecule has 0 saturated carbocycles. The van der Waals surface area contributed by atoms with Crippen LogP contribution >= 0.6 is 0 Å². The Bertz CT molecular complexity index is 1300. The highest BCUT2D eigenvalue weighted by molar-refractivity contribution is 6.03. The van der Waals surface area contributed by atoms with E-state index in [1.165, 1.54) is 21.9 Å². The first-order chi connectivity index (χ1) is 14.6. The van der Waals surface area contributed by atoms with Gasteiger partial charge in [-0.3, -0.25) is 0 Å². The fourth-order valence-electron chi connectivity index (χ4n) is 3.69. The Labute approximate surface area is 174 Å². The second-order valence-corrected chi connectivity index (χ2v) is 7.19. The lowest BCUT2D eigenvalue weighted by atomic mass is 9.99. The van der Waals surface area contributed by atoms with Crippen LogP contribution < -0.4 is 0 Å². The topological polar surface area (TPSA) is 66.0 Å². The van der Waals surface area contributed by atoms with Gasteiger partial charge in [-0.2, -0.15) is 0 Å². The summed E-state index contributed by atoms with van der Waals surface area (Å²) in [5.41, 5.74) is 2.99. The molecule has 1 heterocycles. The summed E-state index contributed by atoms with van der Waals surface area (Å²) in [5.74, 6) is 0.137. The van der Waals surface area contributed by atoms with Gasteiger partial charge in [0.15, 0.2) is 0 Å². The zero-order valence-corrected chi connectivity index (χ0v) is 16.7. The number of fused-ring (bicyclic) bond motifs is 2. The molecule has 0 aliphatic rings. The second kappa shape index (κ2) is 8.62. The van der Waals surface area contributed by atoms with Crippen molar-refractivity contribution in [3.05, 3.63) is 114 Å². The number of carboxylic acid groups (broad SMARTS) is 1. The van der Waals surface area contributed by atoms with Gasteiger partial charge in [0.2, 0.25) is 0 Å². The number of aromatic carboxylic acids is 1. The van der Waals surface area contributed by atoms with Crippen LogP contribution in [0.15, 0.2) is 91.3 Å². The third-order valence-corrected chi connectivity index (χ3v) is 5.02. The van der Waals surface area contributed by atoms with Crippen LogP contribution in [-0.2, 0) is 6.42 Å². The Morgan fingerprint density at radius 1 is 0.900 bits per heavy atom. The lowest BCUT2D eigenvalue weighted by molar-refractivity contribution is 0.0699. The van der Waals surface area contributed by atoms with Gasteiger partial charge in [-0.15, -0.1) is 0 Å². The van der Waals surface area contributed by atoms with Gasteiger partial charge in [0, 0.05) is 18.8 Å². The number of imidazole rings is 1. The maximum atomic E-state index is 10.8. The molecule has 4 heteroatoms. The number of nitrogens with one attached hydrogen (secondary N) is 1. The highest BCUT2D eigenvalue weighted by Gasteiger charge is 2.06. The van der Waals surface area contributed by atoms with Crippen LogP contribution in [0.2, 0.25) is 0 Å². The van der Waals surface area contributed by atoms with E-state index in [4.69, 9.17) is 5.11 Å².